The molecule has 0 amide bonds. The van der Waals surface area contributed by atoms with Crippen molar-refractivity contribution in [2.45, 2.75) is 109 Å². The van der Waals surface area contributed by atoms with Crippen LogP contribution in [0.2, 0.25) is 0 Å². The fourth-order valence-electron chi connectivity index (χ4n) is 6.16. The minimum Gasteiger partial charge on any atom is -0.393 e. The van der Waals surface area contributed by atoms with Crippen molar-refractivity contribution >= 4 is 0 Å². The minimum atomic E-state index is 0.0184. The Morgan fingerprint density at radius 2 is 1.26 bits per heavy atom. The molecule has 3 rings (SSSR count). The molecule has 0 spiro atoms. The first-order valence-electron chi connectivity index (χ1n) is 10.9. The summed E-state index contributed by atoms with van der Waals surface area (Å²) in [4.78, 5) is 0. The maximum Gasteiger partial charge on any atom is 0.0543 e. The largest absolute Gasteiger partial charge is 0.393 e. The summed E-state index contributed by atoms with van der Waals surface area (Å²) in [7, 11) is 0. The zero-order chi connectivity index (χ0) is 16.1. The van der Waals surface area contributed by atoms with Crippen LogP contribution in [0.25, 0.3) is 0 Å². The van der Waals surface area contributed by atoms with E-state index in [1.54, 1.807) is 0 Å². The van der Waals surface area contributed by atoms with Crippen LogP contribution in [0.4, 0.5) is 0 Å². The molecule has 1 heteroatoms. The Kier molecular flexibility index (Phi) is 6.86. The van der Waals surface area contributed by atoms with Crippen LogP contribution in [0, 0.1) is 29.6 Å². The van der Waals surface area contributed by atoms with Crippen LogP contribution in [-0.2, 0) is 0 Å². The molecule has 0 aromatic heterocycles. The number of hydrogen-bond donors (Lipinski definition) is 1. The Hall–Kier alpha value is -0.0400. The van der Waals surface area contributed by atoms with Crippen LogP contribution < -0.4 is 0 Å². The third-order valence-electron chi connectivity index (χ3n) is 7.69. The number of hydrogen-bond acceptors (Lipinski definition) is 1. The lowest BCUT2D eigenvalue weighted by Gasteiger charge is -2.41. The normalized spacial score (nSPS) is 42.5. The Morgan fingerprint density at radius 3 is 1.83 bits per heavy atom. The first kappa shape index (κ1) is 17.8. The van der Waals surface area contributed by atoms with Crippen molar-refractivity contribution in [2.24, 2.45) is 29.6 Å². The van der Waals surface area contributed by atoms with Gasteiger partial charge in [-0.05, 0) is 87.4 Å². The van der Waals surface area contributed by atoms with Crippen molar-refractivity contribution in [1.29, 1.82) is 0 Å². The second-order valence-corrected chi connectivity index (χ2v) is 9.18. The molecule has 0 aliphatic heterocycles. The SMILES string of the molecule is CCCCC1CCC(C2CCC([C@H]3CCC[C@@H](O)C3)CC2)CC1. The molecule has 0 unspecified atom stereocenters. The maximum atomic E-state index is 9.95. The summed E-state index contributed by atoms with van der Waals surface area (Å²) in [5.41, 5.74) is 0. The molecule has 0 bridgehead atoms. The van der Waals surface area contributed by atoms with Gasteiger partial charge in [0.15, 0.2) is 0 Å². The zero-order valence-corrected chi connectivity index (χ0v) is 15.5. The second kappa shape index (κ2) is 8.88. The van der Waals surface area contributed by atoms with E-state index in [0.29, 0.717) is 0 Å². The molecule has 3 saturated carbocycles. The van der Waals surface area contributed by atoms with Crippen molar-refractivity contribution in [3.05, 3.63) is 0 Å². The topological polar surface area (TPSA) is 20.2 Å². The van der Waals surface area contributed by atoms with E-state index >= 15 is 0 Å². The van der Waals surface area contributed by atoms with Crippen LogP contribution in [0.3, 0.4) is 0 Å². The monoisotopic (exact) mass is 320 g/mol. The lowest BCUT2D eigenvalue weighted by atomic mass is 9.65. The van der Waals surface area contributed by atoms with Gasteiger partial charge in [-0.1, -0.05) is 45.4 Å². The van der Waals surface area contributed by atoms with E-state index in [1.807, 2.05) is 0 Å². The summed E-state index contributed by atoms with van der Waals surface area (Å²) in [6.45, 7) is 2.33. The molecule has 134 valence electrons. The fourth-order valence-corrected chi connectivity index (χ4v) is 6.16. The molecule has 3 aliphatic rings. The van der Waals surface area contributed by atoms with Gasteiger partial charge in [-0.25, -0.2) is 0 Å². The molecule has 1 N–H and O–H groups in total. The number of aliphatic hydroxyl groups excluding tert-OH is 1. The van der Waals surface area contributed by atoms with Gasteiger partial charge in [-0.3, -0.25) is 0 Å². The van der Waals surface area contributed by atoms with Crippen molar-refractivity contribution in [2.75, 3.05) is 0 Å². The highest BCUT2D eigenvalue weighted by atomic mass is 16.3. The smallest absolute Gasteiger partial charge is 0.0543 e. The maximum absolute atomic E-state index is 9.95. The molecule has 3 aliphatic carbocycles. The number of aliphatic hydroxyl groups is 1. The molecule has 23 heavy (non-hydrogen) atoms. The Balaban J connectivity index is 1.38. The Morgan fingerprint density at radius 1 is 0.696 bits per heavy atom. The molecule has 0 aromatic rings. The number of unbranched alkanes of at least 4 members (excludes halogenated alkanes) is 1. The minimum absolute atomic E-state index is 0.0184. The first-order valence-corrected chi connectivity index (χ1v) is 10.9. The zero-order valence-electron chi connectivity index (χ0n) is 15.5. The fraction of sp³-hybridized carbons (Fsp3) is 1.00. The standard InChI is InChI=1S/C22H40O/c1-2-3-5-17-8-10-18(11-9-17)19-12-14-20(15-13-19)21-6-4-7-22(23)16-21/h17-23H,2-16H2,1H3/t17?,18?,19?,20?,21-,22+/m0/s1. The van der Waals surface area contributed by atoms with E-state index in [-0.39, 0.29) is 6.10 Å². The van der Waals surface area contributed by atoms with Crippen LogP contribution in [0.15, 0.2) is 0 Å². The van der Waals surface area contributed by atoms with Gasteiger partial charge in [0.1, 0.15) is 0 Å². The molecule has 0 heterocycles. The third kappa shape index (κ3) is 4.97. The molecule has 2 atom stereocenters. The van der Waals surface area contributed by atoms with Crippen molar-refractivity contribution in [1.82, 2.24) is 0 Å². The molecule has 3 fully saturated rings. The van der Waals surface area contributed by atoms with Gasteiger partial charge in [0.2, 0.25) is 0 Å². The van der Waals surface area contributed by atoms with Crippen LogP contribution in [-0.4, -0.2) is 11.2 Å². The van der Waals surface area contributed by atoms with E-state index in [1.165, 1.54) is 83.5 Å². The highest BCUT2D eigenvalue weighted by molar-refractivity contribution is 4.86. The number of rotatable bonds is 5. The molecule has 0 aromatic carbocycles. The summed E-state index contributed by atoms with van der Waals surface area (Å²) in [6, 6.07) is 0. The summed E-state index contributed by atoms with van der Waals surface area (Å²) in [5.74, 6) is 4.97. The predicted octanol–water partition coefficient (Wildman–Crippen LogP) is 6.34. The van der Waals surface area contributed by atoms with Gasteiger partial charge in [0.25, 0.3) is 0 Å². The summed E-state index contributed by atoms with van der Waals surface area (Å²) in [5, 5.41) is 9.95. The van der Waals surface area contributed by atoms with Gasteiger partial charge in [0.05, 0.1) is 6.10 Å². The van der Waals surface area contributed by atoms with Gasteiger partial charge in [0, 0.05) is 0 Å². The van der Waals surface area contributed by atoms with Gasteiger partial charge in [-0.2, -0.15) is 0 Å². The summed E-state index contributed by atoms with van der Waals surface area (Å²) in [6.07, 6.45) is 21.3. The highest BCUT2D eigenvalue weighted by Gasteiger charge is 2.34. The quantitative estimate of drug-likeness (QED) is 0.626. The van der Waals surface area contributed by atoms with E-state index in [0.717, 1.165) is 42.4 Å². The second-order valence-electron chi connectivity index (χ2n) is 9.18. The van der Waals surface area contributed by atoms with Gasteiger partial charge >= 0.3 is 0 Å². The molecule has 0 saturated heterocycles. The Labute approximate surface area is 144 Å². The van der Waals surface area contributed by atoms with Crippen molar-refractivity contribution in [3.63, 3.8) is 0 Å². The van der Waals surface area contributed by atoms with E-state index < -0.39 is 0 Å². The molecular weight excluding hydrogens is 280 g/mol. The lowest BCUT2D eigenvalue weighted by Crippen LogP contribution is -2.31. The van der Waals surface area contributed by atoms with Gasteiger partial charge in [-0.15, -0.1) is 0 Å². The van der Waals surface area contributed by atoms with Crippen molar-refractivity contribution in [3.8, 4) is 0 Å². The average Bonchev–Trinajstić information content (AvgIpc) is 2.61. The van der Waals surface area contributed by atoms with E-state index in [2.05, 4.69) is 6.92 Å². The molecule has 0 radical (unpaired) electrons. The average molecular weight is 321 g/mol. The predicted molar refractivity (Wildman–Crippen MR) is 98.4 cm³/mol. The molecule has 1 nitrogen and oxygen atoms in total. The van der Waals surface area contributed by atoms with Crippen molar-refractivity contribution < 1.29 is 5.11 Å². The summed E-state index contributed by atoms with van der Waals surface area (Å²) >= 11 is 0. The lowest BCUT2D eigenvalue weighted by molar-refractivity contribution is 0.0554. The van der Waals surface area contributed by atoms with E-state index in [4.69, 9.17) is 0 Å². The summed E-state index contributed by atoms with van der Waals surface area (Å²) < 4.78 is 0. The van der Waals surface area contributed by atoms with E-state index in [9.17, 15) is 5.11 Å². The Bertz CT molecular complexity index is 323. The van der Waals surface area contributed by atoms with Crippen LogP contribution in [0.5, 0.6) is 0 Å². The molecular formula is C22H40O. The first-order chi connectivity index (χ1) is 11.3. The highest BCUT2D eigenvalue weighted by Crippen LogP contribution is 2.45. The van der Waals surface area contributed by atoms with Crippen LogP contribution in [0.1, 0.15) is 103 Å². The van der Waals surface area contributed by atoms with Crippen LogP contribution >= 0.6 is 0 Å². The van der Waals surface area contributed by atoms with Gasteiger partial charge < -0.3 is 5.11 Å². The third-order valence-corrected chi connectivity index (χ3v) is 7.69.